The van der Waals surface area contributed by atoms with E-state index in [4.69, 9.17) is 9.26 Å². The van der Waals surface area contributed by atoms with Crippen LogP contribution >= 0.6 is 0 Å². The topological polar surface area (TPSA) is 38.5 Å². The van der Waals surface area contributed by atoms with Gasteiger partial charge in [0, 0.05) is 24.6 Å². The molecule has 1 aliphatic rings. The number of benzene rings is 1. The molecule has 4 nitrogen and oxygen atoms in total. The molecule has 0 radical (unpaired) electrons. The Morgan fingerprint density at radius 2 is 2.04 bits per heavy atom. The molecule has 1 saturated heterocycles. The quantitative estimate of drug-likeness (QED) is 0.797. The van der Waals surface area contributed by atoms with Crippen molar-refractivity contribution in [2.45, 2.75) is 52.6 Å². The average molecular weight is 314 g/mol. The Hall–Kier alpha value is -1.81. The Morgan fingerprint density at radius 3 is 2.74 bits per heavy atom. The van der Waals surface area contributed by atoms with E-state index in [9.17, 15) is 0 Å². The first-order valence-corrected chi connectivity index (χ1v) is 8.63. The summed E-state index contributed by atoms with van der Waals surface area (Å²) in [5.41, 5.74) is 3.69. The minimum atomic E-state index is 0.433. The highest BCUT2D eigenvalue weighted by atomic mass is 16.5. The number of nitrogens with zero attached hydrogens (tertiary/aromatic N) is 2. The molecule has 1 atom stereocenters. The molecule has 0 spiro atoms. The smallest absolute Gasteiger partial charge is 0.141 e. The number of ether oxygens (including phenoxy) is 1. The van der Waals surface area contributed by atoms with Gasteiger partial charge in [-0.2, -0.15) is 0 Å². The first kappa shape index (κ1) is 16.1. The van der Waals surface area contributed by atoms with Gasteiger partial charge >= 0.3 is 0 Å². The second kappa shape index (κ2) is 7.18. The van der Waals surface area contributed by atoms with Crippen molar-refractivity contribution in [1.29, 1.82) is 0 Å². The van der Waals surface area contributed by atoms with E-state index < -0.39 is 0 Å². The Bertz CT molecular complexity index is 633. The Balaban J connectivity index is 1.75. The molecule has 1 fully saturated rings. The van der Waals surface area contributed by atoms with Crippen molar-refractivity contribution in [1.82, 2.24) is 10.1 Å². The molecular weight excluding hydrogens is 288 g/mol. The lowest BCUT2D eigenvalue weighted by molar-refractivity contribution is 0.245. The van der Waals surface area contributed by atoms with Crippen LogP contribution in [0.4, 0.5) is 0 Å². The first-order chi connectivity index (χ1) is 11.2. The van der Waals surface area contributed by atoms with Crippen LogP contribution in [-0.4, -0.2) is 23.2 Å². The zero-order valence-corrected chi connectivity index (χ0v) is 14.3. The van der Waals surface area contributed by atoms with Crippen molar-refractivity contribution < 1.29 is 9.26 Å². The van der Waals surface area contributed by atoms with Crippen molar-refractivity contribution in [2.24, 2.45) is 0 Å². The number of aromatic nitrogens is 1. The molecule has 0 unspecified atom stereocenters. The summed E-state index contributed by atoms with van der Waals surface area (Å²) < 4.78 is 11.0. The van der Waals surface area contributed by atoms with E-state index in [0.29, 0.717) is 12.6 Å². The summed E-state index contributed by atoms with van der Waals surface area (Å²) in [6.07, 6.45) is 3.32. The summed E-state index contributed by atoms with van der Waals surface area (Å²) >= 11 is 0. The summed E-state index contributed by atoms with van der Waals surface area (Å²) in [7, 11) is 0. The molecule has 0 amide bonds. The Morgan fingerprint density at radius 1 is 1.26 bits per heavy atom. The lowest BCUT2D eigenvalue weighted by Crippen LogP contribution is -2.23. The van der Waals surface area contributed by atoms with E-state index in [0.717, 1.165) is 36.7 Å². The molecule has 1 aromatic heterocycles. The fourth-order valence-corrected chi connectivity index (χ4v) is 3.54. The van der Waals surface area contributed by atoms with Gasteiger partial charge in [0.1, 0.15) is 11.5 Å². The molecule has 0 saturated carbocycles. The van der Waals surface area contributed by atoms with Gasteiger partial charge in [-0.25, -0.2) is 0 Å². The lowest BCUT2D eigenvalue weighted by atomic mass is 10.0. The van der Waals surface area contributed by atoms with Crippen LogP contribution in [0.5, 0.6) is 5.75 Å². The SMILES string of the molecule is CCOc1ccc(CN2CCC[C@H]2c2c(C)noc2CC)cc1. The number of rotatable bonds is 6. The maximum Gasteiger partial charge on any atom is 0.141 e. The molecule has 4 heteroatoms. The molecule has 0 bridgehead atoms. The Labute approximate surface area is 138 Å². The van der Waals surface area contributed by atoms with Crippen LogP contribution in [0.1, 0.15) is 55.3 Å². The van der Waals surface area contributed by atoms with Gasteiger partial charge in [0.25, 0.3) is 0 Å². The van der Waals surface area contributed by atoms with Gasteiger partial charge in [-0.1, -0.05) is 24.2 Å². The highest BCUT2D eigenvalue weighted by Gasteiger charge is 2.31. The average Bonchev–Trinajstić information content (AvgIpc) is 3.15. The second-order valence-electron chi connectivity index (χ2n) is 6.16. The maximum atomic E-state index is 5.52. The van der Waals surface area contributed by atoms with Crippen molar-refractivity contribution >= 4 is 0 Å². The molecule has 0 N–H and O–H groups in total. The normalized spacial score (nSPS) is 18.5. The van der Waals surface area contributed by atoms with Gasteiger partial charge in [-0.05, 0) is 50.9 Å². The van der Waals surface area contributed by atoms with Crippen molar-refractivity contribution in [3.05, 3.63) is 46.8 Å². The summed E-state index contributed by atoms with van der Waals surface area (Å²) in [5.74, 6) is 1.99. The van der Waals surface area contributed by atoms with Crippen LogP contribution in [0, 0.1) is 6.92 Å². The fraction of sp³-hybridized carbons (Fsp3) is 0.526. The standard InChI is InChI=1S/C19H26N2O2/c1-4-18-19(14(3)20-23-18)17-7-6-12-21(17)13-15-8-10-16(11-9-15)22-5-2/h8-11,17H,4-7,12-13H2,1-3H3/t17-/m0/s1. The van der Waals surface area contributed by atoms with Crippen molar-refractivity contribution in [3.8, 4) is 5.75 Å². The highest BCUT2D eigenvalue weighted by molar-refractivity contribution is 5.29. The number of hydrogen-bond acceptors (Lipinski definition) is 4. The summed E-state index contributed by atoms with van der Waals surface area (Å²) in [5, 5.41) is 4.19. The van der Waals surface area contributed by atoms with E-state index in [1.165, 1.54) is 24.0 Å². The van der Waals surface area contributed by atoms with E-state index in [1.807, 2.05) is 6.92 Å². The maximum absolute atomic E-state index is 5.52. The van der Waals surface area contributed by atoms with Gasteiger partial charge in [-0.3, -0.25) is 4.90 Å². The summed E-state index contributed by atoms with van der Waals surface area (Å²) in [6, 6.07) is 8.89. The molecule has 3 rings (SSSR count). The predicted molar refractivity (Wildman–Crippen MR) is 90.6 cm³/mol. The van der Waals surface area contributed by atoms with Crippen LogP contribution in [-0.2, 0) is 13.0 Å². The van der Waals surface area contributed by atoms with Gasteiger partial charge < -0.3 is 9.26 Å². The second-order valence-corrected chi connectivity index (χ2v) is 6.16. The zero-order valence-electron chi connectivity index (χ0n) is 14.3. The number of hydrogen-bond donors (Lipinski definition) is 0. The van der Waals surface area contributed by atoms with Gasteiger partial charge in [0.15, 0.2) is 0 Å². The van der Waals surface area contributed by atoms with Crippen LogP contribution in [0.15, 0.2) is 28.8 Å². The monoisotopic (exact) mass is 314 g/mol. The van der Waals surface area contributed by atoms with Crippen LogP contribution in [0.25, 0.3) is 0 Å². The molecular formula is C19H26N2O2. The van der Waals surface area contributed by atoms with Gasteiger partial charge in [-0.15, -0.1) is 0 Å². The zero-order chi connectivity index (χ0) is 16.2. The molecule has 2 aromatic rings. The number of likely N-dealkylation sites (tertiary alicyclic amines) is 1. The molecule has 124 valence electrons. The highest BCUT2D eigenvalue weighted by Crippen LogP contribution is 2.37. The third-order valence-corrected chi connectivity index (χ3v) is 4.62. The molecule has 1 aliphatic heterocycles. The number of aryl methyl sites for hydroxylation is 2. The minimum absolute atomic E-state index is 0.433. The molecule has 1 aromatic carbocycles. The van der Waals surface area contributed by atoms with E-state index >= 15 is 0 Å². The Kier molecular flexibility index (Phi) is 5.01. The fourth-order valence-electron chi connectivity index (χ4n) is 3.54. The summed E-state index contributed by atoms with van der Waals surface area (Å²) in [6.45, 7) is 9.01. The van der Waals surface area contributed by atoms with Crippen molar-refractivity contribution in [2.75, 3.05) is 13.2 Å². The van der Waals surface area contributed by atoms with E-state index in [-0.39, 0.29) is 0 Å². The van der Waals surface area contributed by atoms with Crippen molar-refractivity contribution in [3.63, 3.8) is 0 Å². The van der Waals surface area contributed by atoms with Gasteiger partial charge in [0.05, 0.1) is 12.3 Å². The van der Waals surface area contributed by atoms with E-state index in [2.05, 4.69) is 48.2 Å². The van der Waals surface area contributed by atoms with E-state index in [1.54, 1.807) is 0 Å². The van der Waals surface area contributed by atoms with Gasteiger partial charge in [0.2, 0.25) is 0 Å². The van der Waals surface area contributed by atoms with Crippen LogP contribution in [0.3, 0.4) is 0 Å². The van der Waals surface area contributed by atoms with Crippen LogP contribution in [0.2, 0.25) is 0 Å². The third kappa shape index (κ3) is 3.42. The minimum Gasteiger partial charge on any atom is -0.494 e. The molecule has 23 heavy (non-hydrogen) atoms. The lowest BCUT2D eigenvalue weighted by Gasteiger charge is -2.25. The summed E-state index contributed by atoms with van der Waals surface area (Å²) in [4.78, 5) is 2.55. The first-order valence-electron chi connectivity index (χ1n) is 8.63. The molecule has 0 aliphatic carbocycles. The van der Waals surface area contributed by atoms with Crippen LogP contribution < -0.4 is 4.74 Å². The molecule has 2 heterocycles. The predicted octanol–water partition coefficient (Wildman–Crippen LogP) is 4.28. The largest absolute Gasteiger partial charge is 0.494 e. The third-order valence-electron chi connectivity index (χ3n) is 4.62.